The van der Waals surface area contributed by atoms with Gasteiger partial charge in [0.2, 0.25) is 0 Å². The van der Waals surface area contributed by atoms with Crippen molar-refractivity contribution in [3.8, 4) is 0 Å². The molecule has 1 fully saturated rings. The molecule has 0 radical (unpaired) electrons. The van der Waals surface area contributed by atoms with E-state index in [2.05, 4.69) is 40.5 Å². The average Bonchev–Trinajstić information content (AvgIpc) is 2.98. The van der Waals surface area contributed by atoms with Crippen LogP contribution < -0.4 is 10.2 Å². The number of anilines is 1. The van der Waals surface area contributed by atoms with Gasteiger partial charge in [0.15, 0.2) is 0 Å². The third kappa shape index (κ3) is 6.19. The van der Waals surface area contributed by atoms with Gasteiger partial charge in [0.1, 0.15) is 17.5 Å². The molecule has 0 aliphatic carbocycles. The first kappa shape index (κ1) is 27.0. The van der Waals surface area contributed by atoms with Crippen molar-refractivity contribution in [3.05, 3.63) is 76.8 Å². The zero-order chi connectivity index (χ0) is 27.7. The third-order valence-corrected chi connectivity index (χ3v) is 7.45. The van der Waals surface area contributed by atoms with Crippen LogP contribution in [0, 0.1) is 0 Å². The molecule has 1 atom stereocenters. The molecule has 0 saturated carbocycles. The predicted molar refractivity (Wildman–Crippen MR) is 157 cm³/mol. The van der Waals surface area contributed by atoms with Gasteiger partial charge in [0.25, 0.3) is 5.91 Å². The molecule has 2 aliphatic rings. The maximum absolute atomic E-state index is 13.7. The van der Waals surface area contributed by atoms with Gasteiger partial charge in [-0.2, -0.15) is 0 Å². The van der Waals surface area contributed by atoms with Gasteiger partial charge in [-0.15, -0.1) is 0 Å². The topological polar surface area (TPSA) is 74.2 Å². The first-order valence-electron chi connectivity index (χ1n) is 13.4. The molecule has 2 aliphatic heterocycles. The van der Waals surface area contributed by atoms with Gasteiger partial charge in [-0.3, -0.25) is 9.79 Å². The summed E-state index contributed by atoms with van der Waals surface area (Å²) in [5.74, 6) is 0.718. The molecule has 5 rings (SSSR count). The average molecular weight is 547 g/mol. The number of hydrogen-bond donors (Lipinski definition) is 1. The standard InChI is InChI=1S/C31H35ClN4O3/c1-31(2,3)39-30(38)33-24-13-15-36(16-14-24)28-25-19-23(32)11-12-27(25)35(4)29(37)26(34-28)18-20-9-10-21-7-5-6-8-22(21)17-20/h5-12,17,19,24,26H,13-16,18H2,1-4H3,(H,33,38). The lowest BCUT2D eigenvalue weighted by atomic mass is 10.0. The molecule has 8 heteroatoms. The molecule has 2 amide bonds. The monoisotopic (exact) mass is 546 g/mol. The van der Waals surface area contributed by atoms with E-state index in [0.29, 0.717) is 24.5 Å². The fourth-order valence-corrected chi connectivity index (χ4v) is 5.45. The van der Waals surface area contributed by atoms with Crippen molar-refractivity contribution in [3.63, 3.8) is 0 Å². The summed E-state index contributed by atoms with van der Waals surface area (Å²) in [4.78, 5) is 35.0. The van der Waals surface area contributed by atoms with Gasteiger partial charge in [-0.25, -0.2) is 4.79 Å². The highest BCUT2D eigenvalue weighted by atomic mass is 35.5. The van der Waals surface area contributed by atoms with E-state index in [9.17, 15) is 9.59 Å². The van der Waals surface area contributed by atoms with E-state index in [-0.39, 0.29) is 11.9 Å². The summed E-state index contributed by atoms with van der Waals surface area (Å²) in [7, 11) is 1.80. The summed E-state index contributed by atoms with van der Waals surface area (Å²) in [6.45, 7) is 6.94. The number of halogens is 1. The molecule has 1 N–H and O–H groups in total. The smallest absolute Gasteiger partial charge is 0.407 e. The lowest BCUT2D eigenvalue weighted by Gasteiger charge is -2.35. The normalized spacial score (nSPS) is 18.4. The minimum Gasteiger partial charge on any atom is -0.444 e. The van der Waals surface area contributed by atoms with Crippen LogP contribution in [-0.4, -0.2) is 60.6 Å². The molecule has 39 heavy (non-hydrogen) atoms. The van der Waals surface area contributed by atoms with E-state index < -0.39 is 17.7 Å². The Kier molecular flexibility index (Phi) is 7.54. The number of rotatable bonds is 3. The van der Waals surface area contributed by atoms with Crippen LogP contribution in [0.1, 0.15) is 44.7 Å². The molecule has 204 valence electrons. The Labute approximate surface area is 234 Å². The van der Waals surface area contributed by atoms with Crippen LogP contribution in [0.3, 0.4) is 0 Å². The van der Waals surface area contributed by atoms with Crippen molar-refractivity contribution < 1.29 is 14.3 Å². The van der Waals surface area contributed by atoms with Gasteiger partial charge in [0, 0.05) is 43.2 Å². The first-order chi connectivity index (χ1) is 18.6. The largest absolute Gasteiger partial charge is 0.444 e. The summed E-state index contributed by atoms with van der Waals surface area (Å²) in [5, 5.41) is 5.90. The predicted octanol–water partition coefficient (Wildman–Crippen LogP) is 5.82. The zero-order valence-electron chi connectivity index (χ0n) is 22.9. The number of carbonyl (C=O) groups excluding carboxylic acids is 2. The Morgan fingerprint density at radius 3 is 2.49 bits per heavy atom. The molecular formula is C31H35ClN4O3. The summed E-state index contributed by atoms with van der Waals surface area (Å²) in [6.07, 6.45) is 1.59. The van der Waals surface area contributed by atoms with E-state index in [1.807, 2.05) is 51.1 Å². The molecule has 0 bridgehead atoms. The Morgan fingerprint density at radius 1 is 1.05 bits per heavy atom. The number of ether oxygens (including phenoxy) is 1. The lowest BCUT2D eigenvalue weighted by molar-refractivity contribution is -0.119. The van der Waals surface area contributed by atoms with Crippen LogP contribution >= 0.6 is 11.6 Å². The molecule has 3 aromatic carbocycles. The molecule has 2 heterocycles. The van der Waals surface area contributed by atoms with Crippen molar-refractivity contribution in [2.45, 2.75) is 57.7 Å². The molecule has 0 spiro atoms. The Morgan fingerprint density at radius 2 is 1.77 bits per heavy atom. The maximum Gasteiger partial charge on any atom is 0.407 e. The van der Waals surface area contributed by atoms with Crippen molar-refractivity contribution >= 4 is 45.9 Å². The SMILES string of the molecule is CN1C(=O)C(Cc2ccc3ccccc3c2)N=C(N2CCC(NC(=O)OC(C)(C)C)CC2)c2cc(Cl)ccc21. The van der Waals surface area contributed by atoms with E-state index in [1.54, 1.807) is 11.9 Å². The number of amidine groups is 1. The van der Waals surface area contributed by atoms with E-state index in [1.165, 1.54) is 5.39 Å². The number of likely N-dealkylation sites (tertiary alicyclic amines) is 1. The van der Waals surface area contributed by atoms with Crippen LogP contribution in [0.5, 0.6) is 0 Å². The van der Waals surface area contributed by atoms with Gasteiger partial charge < -0.3 is 19.9 Å². The van der Waals surface area contributed by atoms with Crippen molar-refractivity contribution in [1.82, 2.24) is 10.2 Å². The number of carbonyl (C=O) groups is 2. The lowest BCUT2D eigenvalue weighted by Crippen LogP contribution is -2.48. The van der Waals surface area contributed by atoms with Crippen LogP contribution in [0.2, 0.25) is 5.02 Å². The van der Waals surface area contributed by atoms with Crippen LogP contribution in [-0.2, 0) is 16.0 Å². The number of likely N-dealkylation sites (N-methyl/N-ethyl adjacent to an activating group) is 1. The summed E-state index contributed by atoms with van der Waals surface area (Å²) >= 11 is 6.43. The molecular weight excluding hydrogens is 512 g/mol. The number of benzene rings is 3. The summed E-state index contributed by atoms with van der Waals surface area (Å²) in [6, 6.07) is 19.6. The minimum absolute atomic E-state index is 0.0130. The van der Waals surface area contributed by atoms with Gasteiger partial charge in [0.05, 0.1) is 5.69 Å². The number of fused-ring (bicyclic) bond motifs is 2. The minimum atomic E-state index is -0.574. The number of aliphatic imine (C=N–C) groups is 1. The summed E-state index contributed by atoms with van der Waals surface area (Å²) in [5.41, 5.74) is 2.16. The first-order valence-corrected chi connectivity index (χ1v) is 13.8. The van der Waals surface area contributed by atoms with Crippen LogP contribution in [0.15, 0.2) is 65.7 Å². The van der Waals surface area contributed by atoms with E-state index >= 15 is 0 Å². The van der Waals surface area contributed by atoms with Crippen molar-refractivity contribution in [2.75, 3.05) is 25.0 Å². The number of amides is 2. The van der Waals surface area contributed by atoms with Gasteiger partial charge >= 0.3 is 6.09 Å². The van der Waals surface area contributed by atoms with Crippen LogP contribution in [0.4, 0.5) is 10.5 Å². The Balaban J connectivity index is 1.41. The molecule has 1 saturated heterocycles. The van der Waals surface area contributed by atoms with Crippen molar-refractivity contribution in [1.29, 1.82) is 0 Å². The number of alkyl carbamates (subject to hydrolysis) is 1. The zero-order valence-corrected chi connectivity index (χ0v) is 23.7. The molecule has 1 unspecified atom stereocenters. The number of nitrogens with one attached hydrogen (secondary N) is 1. The second kappa shape index (κ2) is 10.9. The van der Waals surface area contributed by atoms with Crippen LogP contribution in [0.25, 0.3) is 10.8 Å². The van der Waals surface area contributed by atoms with Gasteiger partial charge in [-0.05, 0) is 68.1 Å². The Bertz CT molecular complexity index is 1420. The third-order valence-electron chi connectivity index (χ3n) is 7.21. The van der Waals surface area contributed by atoms with Crippen molar-refractivity contribution in [2.24, 2.45) is 4.99 Å². The maximum atomic E-state index is 13.7. The fraction of sp³-hybridized carbons (Fsp3) is 0.387. The number of benzodiazepines with no additional fused rings is 1. The number of hydrogen-bond acceptors (Lipinski definition) is 5. The Hall–Kier alpha value is -3.58. The quantitative estimate of drug-likeness (QED) is 0.449. The highest BCUT2D eigenvalue weighted by molar-refractivity contribution is 6.31. The second-order valence-corrected chi connectivity index (χ2v) is 11.8. The molecule has 0 aromatic heterocycles. The number of piperidine rings is 1. The highest BCUT2D eigenvalue weighted by Crippen LogP contribution is 2.31. The van der Waals surface area contributed by atoms with E-state index in [0.717, 1.165) is 40.9 Å². The highest BCUT2D eigenvalue weighted by Gasteiger charge is 2.33. The molecule has 3 aromatic rings. The fourth-order valence-electron chi connectivity index (χ4n) is 5.28. The summed E-state index contributed by atoms with van der Waals surface area (Å²) < 4.78 is 5.44. The van der Waals surface area contributed by atoms with E-state index in [4.69, 9.17) is 21.3 Å². The number of nitrogens with zero attached hydrogens (tertiary/aromatic N) is 3. The second-order valence-electron chi connectivity index (χ2n) is 11.3. The molecule has 7 nitrogen and oxygen atoms in total. The van der Waals surface area contributed by atoms with Gasteiger partial charge in [-0.1, -0.05) is 54.1 Å².